The van der Waals surface area contributed by atoms with E-state index in [4.69, 9.17) is 14.2 Å². The van der Waals surface area contributed by atoms with Crippen LogP contribution in [0, 0.1) is 0 Å². The highest BCUT2D eigenvalue weighted by Gasteiger charge is 2.48. The van der Waals surface area contributed by atoms with Crippen molar-refractivity contribution in [2.75, 3.05) is 26.9 Å². The predicted molar refractivity (Wildman–Crippen MR) is 91.0 cm³/mol. The van der Waals surface area contributed by atoms with Crippen LogP contribution in [0.4, 0.5) is 4.79 Å². The van der Waals surface area contributed by atoms with Gasteiger partial charge in [0.05, 0.1) is 18.8 Å². The summed E-state index contributed by atoms with van der Waals surface area (Å²) in [7, 11) is 1.64. The minimum atomic E-state index is -0.749. The molecule has 0 radical (unpaired) electrons. The lowest BCUT2D eigenvalue weighted by molar-refractivity contribution is -0.104. The number of fused-ring (bicyclic) bond motifs is 2. The fourth-order valence-corrected chi connectivity index (χ4v) is 3.85. The molecule has 2 bridgehead atoms. The Morgan fingerprint density at radius 2 is 1.79 bits per heavy atom. The van der Waals surface area contributed by atoms with Gasteiger partial charge in [-0.15, -0.1) is 0 Å². The number of hydrogen-bond acceptors (Lipinski definition) is 5. The van der Waals surface area contributed by atoms with E-state index in [0.717, 1.165) is 19.3 Å². The quantitative estimate of drug-likeness (QED) is 0.751. The fraction of sp³-hybridized carbons (Fsp3) is 0.944. The van der Waals surface area contributed by atoms with Gasteiger partial charge in [0.25, 0.3) is 0 Å². The van der Waals surface area contributed by atoms with E-state index in [-0.39, 0.29) is 18.2 Å². The summed E-state index contributed by atoms with van der Waals surface area (Å²) < 4.78 is 16.0. The van der Waals surface area contributed by atoms with Crippen molar-refractivity contribution < 1.29 is 24.1 Å². The zero-order valence-corrected chi connectivity index (χ0v) is 15.5. The van der Waals surface area contributed by atoms with Crippen molar-refractivity contribution in [3.05, 3.63) is 0 Å². The molecule has 2 saturated heterocycles. The molecule has 6 nitrogen and oxygen atoms in total. The average molecular weight is 343 g/mol. The number of hydrogen-bond donors (Lipinski definition) is 1. The molecule has 2 fully saturated rings. The lowest BCUT2D eigenvalue weighted by atomic mass is 9.74. The third-order valence-corrected chi connectivity index (χ3v) is 4.84. The lowest BCUT2D eigenvalue weighted by Gasteiger charge is -2.51. The first-order valence-electron chi connectivity index (χ1n) is 9.04. The molecule has 0 aromatic carbocycles. The summed E-state index contributed by atoms with van der Waals surface area (Å²) in [5, 5.41) is 11.0. The smallest absolute Gasteiger partial charge is 0.410 e. The van der Waals surface area contributed by atoms with E-state index in [1.54, 1.807) is 7.11 Å². The summed E-state index contributed by atoms with van der Waals surface area (Å²) in [4.78, 5) is 14.4. The lowest BCUT2D eigenvalue weighted by Crippen LogP contribution is -2.60. The van der Waals surface area contributed by atoms with Crippen LogP contribution in [0.15, 0.2) is 0 Å². The summed E-state index contributed by atoms with van der Waals surface area (Å²) in [5.41, 5.74) is -1.24. The summed E-state index contributed by atoms with van der Waals surface area (Å²) >= 11 is 0. The van der Waals surface area contributed by atoms with Crippen LogP contribution in [0.5, 0.6) is 0 Å². The SMILES string of the molecule is COCCOCCC1(O)CC2CCCC(C1)N2C(=O)OC(C)(C)C. The monoisotopic (exact) mass is 343 g/mol. The summed E-state index contributed by atoms with van der Waals surface area (Å²) in [6.45, 7) is 7.29. The second kappa shape index (κ2) is 8.02. The molecule has 1 N–H and O–H groups in total. The number of carbonyl (C=O) groups excluding carboxylic acids is 1. The highest BCUT2D eigenvalue weighted by atomic mass is 16.6. The van der Waals surface area contributed by atoms with Crippen molar-refractivity contribution in [1.29, 1.82) is 0 Å². The minimum Gasteiger partial charge on any atom is -0.444 e. The van der Waals surface area contributed by atoms with Crippen LogP contribution >= 0.6 is 0 Å². The highest BCUT2D eigenvalue weighted by molar-refractivity contribution is 5.69. The first-order valence-corrected chi connectivity index (χ1v) is 9.04. The second-order valence-corrected chi connectivity index (χ2v) is 8.11. The Balaban J connectivity index is 1.93. The van der Waals surface area contributed by atoms with Crippen molar-refractivity contribution in [1.82, 2.24) is 4.90 Å². The maximum atomic E-state index is 12.6. The molecule has 2 aliphatic rings. The molecule has 0 spiro atoms. The molecule has 0 aromatic rings. The van der Waals surface area contributed by atoms with Gasteiger partial charge >= 0.3 is 6.09 Å². The van der Waals surface area contributed by atoms with E-state index in [2.05, 4.69) is 0 Å². The van der Waals surface area contributed by atoms with E-state index in [0.29, 0.717) is 39.1 Å². The molecule has 0 saturated carbocycles. The van der Waals surface area contributed by atoms with Crippen molar-refractivity contribution >= 4 is 6.09 Å². The second-order valence-electron chi connectivity index (χ2n) is 8.11. The molecule has 0 aromatic heterocycles. The normalized spacial score (nSPS) is 30.3. The Morgan fingerprint density at radius 3 is 2.33 bits per heavy atom. The Kier molecular flexibility index (Phi) is 6.51. The molecule has 2 heterocycles. The van der Waals surface area contributed by atoms with Crippen LogP contribution in [0.3, 0.4) is 0 Å². The largest absolute Gasteiger partial charge is 0.444 e. The van der Waals surface area contributed by atoms with Crippen molar-refractivity contribution in [2.45, 2.75) is 82.6 Å². The Bertz CT molecular complexity index is 406. The number of rotatable bonds is 6. The van der Waals surface area contributed by atoms with Gasteiger partial charge in [-0.1, -0.05) is 0 Å². The first-order chi connectivity index (χ1) is 11.2. The molecule has 2 rings (SSSR count). The third-order valence-electron chi connectivity index (χ3n) is 4.84. The molecule has 140 valence electrons. The zero-order chi connectivity index (χ0) is 17.8. The number of methoxy groups -OCH3 is 1. The number of amides is 1. The molecule has 24 heavy (non-hydrogen) atoms. The molecule has 2 atom stereocenters. The summed E-state index contributed by atoms with van der Waals surface area (Å²) in [6, 6.07) is 0.132. The van der Waals surface area contributed by atoms with Gasteiger partial charge in [-0.3, -0.25) is 0 Å². The van der Waals surface area contributed by atoms with Crippen LogP contribution in [-0.2, 0) is 14.2 Å². The van der Waals surface area contributed by atoms with Gasteiger partial charge in [0.1, 0.15) is 5.60 Å². The maximum absolute atomic E-state index is 12.6. The van der Waals surface area contributed by atoms with E-state index in [1.165, 1.54) is 0 Å². The van der Waals surface area contributed by atoms with Gasteiger partial charge in [0.2, 0.25) is 0 Å². The Hall–Kier alpha value is -0.850. The maximum Gasteiger partial charge on any atom is 0.410 e. The number of aliphatic hydroxyl groups is 1. The molecule has 0 aliphatic carbocycles. The standard InChI is InChI=1S/C18H33NO5/c1-17(2,3)24-16(20)19-14-6-5-7-15(19)13-18(21,12-14)8-9-23-11-10-22-4/h14-15,21H,5-13H2,1-4H3. The Morgan fingerprint density at radius 1 is 1.17 bits per heavy atom. The van der Waals surface area contributed by atoms with E-state index >= 15 is 0 Å². The average Bonchev–Trinajstić information content (AvgIpc) is 2.44. The molecule has 1 amide bonds. The number of ether oxygens (including phenoxy) is 3. The van der Waals surface area contributed by atoms with Crippen LogP contribution < -0.4 is 0 Å². The molecule has 6 heteroatoms. The highest BCUT2D eigenvalue weighted by Crippen LogP contribution is 2.41. The van der Waals surface area contributed by atoms with Crippen LogP contribution in [0.25, 0.3) is 0 Å². The van der Waals surface area contributed by atoms with Crippen molar-refractivity contribution in [2.24, 2.45) is 0 Å². The van der Waals surface area contributed by atoms with E-state index in [9.17, 15) is 9.90 Å². The molecule has 2 unspecified atom stereocenters. The van der Waals surface area contributed by atoms with Gasteiger partial charge in [-0.2, -0.15) is 0 Å². The van der Waals surface area contributed by atoms with Crippen LogP contribution in [-0.4, -0.2) is 66.3 Å². The Labute approximate surface area is 145 Å². The molecular formula is C18H33NO5. The van der Waals surface area contributed by atoms with Gasteiger partial charge in [0.15, 0.2) is 0 Å². The first kappa shape index (κ1) is 19.5. The van der Waals surface area contributed by atoms with Gasteiger partial charge in [-0.25, -0.2) is 4.79 Å². The number of piperidine rings is 2. The van der Waals surface area contributed by atoms with Gasteiger partial charge in [0, 0.05) is 25.8 Å². The van der Waals surface area contributed by atoms with Crippen molar-refractivity contribution in [3.8, 4) is 0 Å². The van der Waals surface area contributed by atoms with E-state index < -0.39 is 11.2 Å². The zero-order valence-electron chi connectivity index (χ0n) is 15.5. The van der Waals surface area contributed by atoms with E-state index in [1.807, 2.05) is 25.7 Å². The third kappa shape index (κ3) is 5.33. The summed E-state index contributed by atoms with van der Waals surface area (Å²) in [5.74, 6) is 0. The number of nitrogens with zero attached hydrogens (tertiary/aromatic N) is 1. The predicted octanol–water partition coefficient (Wildman–Crippen LogP) is 2.72. The minimum absolute atomic E-state index is 0.0660. The fourth-order valence-electron chi connectivity index (χ4n) is 3.85. The molecule has 2 aliphatic heterocycles. The van der Waals surface area contributed by atoms with Crippen molar-refractivity contribution in [3.63, 3.8) is 0 Å². The van der Waals surface area contributed by atoms with Gasteiger partial charge < -0.3 is 24.2 Å². The van der Waals surface area contributed by atoms with Gasteiger partial charge in [-0.05, 0) is 59.3 Å². The topological polar surface area (TPSA) is 68.2 Å². The number of carbonyl (C=O) groups is 1. The molecular weight excluding hydrogens is 310 g/mol. The van der Waals surface area contributed by atoms with Crippen LogP contribution in [0.2, 0.25) is 0 Å². The summed E-state index contributed by atoms with van der Waals surface area (Å²) in [6.07, 6.45) is 4.55. The van der Waals surface area contributed by atoms with Crippen LogP contribution in [0.1, 0.15) is 59.3 Å².